The number of aliphatic hydroxyl groups excluding tert-OH is 1. The minimum Gasteiger partial charge on any atom is -0.385 e. The number of aliphatic hydroxyl groups is 1. The average Bonchev–Trinajstić information content (AvgIpc) is 2.58. The molecule has 1 aromatic heterocycles. The van der Waals surface area contributed by atoms with Crippen LogP contribution in [0, 0.1) is 0 Å². The Bertz CT molecular complexity index is 485. The molecule has 1 N–H and O–H groups in total. The van der Waals surface area contributed by atoms with E-state index in [4.69, 9.17) is 0 Å². The standard InChI is InChI=1S/C12H14N2O/c1-3-8-14-11-7-5-4-6-10(11)13-12(14)9(2)15/h3-7,9,15H,1,8H2,2H3/t9-/m1/s1. The topological polar surface area (TPSA) is 38.0 Å². The summed E-state index contributed by atoms with van der Waals surface area (Å²) >= 11 is 0. The molecule has 0 bridgehead atoms. The highest BCUT2D eigenvalue weighted by Crippen LogP contribution is 2.20. The van der Waals surface area contributed by atoms with E-state index in [2.05, 4.69) is 11.6 Å². The fourth-order valence-corrected chi connectivity index (χ4v) is 1.73. The van der Waals surface area contributed by atoms with Gasteiger partial charge in [0.25, 0.3) is 0 Å². The summed E-state index contributed by atoms with van der Waals surface area (Å²) in [5.41, 5.74) is 1.95. The molecule has 2 rings (SSSR count). The van der Waals surface area contributed by atoms with Gasteiger partial charge in [-0.2, -0.15) is 0 Å². The normalized spacial score (nSPS) is 12.9. The maximum Gasteiger partial charge on any atom is 0.138 e. The van der Waals surface area contributed by atoms with Gasteiger partial charge in [0.1, 0.15) is 11.9 Å². The monoisotopic (exact) mass is 202 g/mol. The molecule has 3 heteroatoms. The smallest absolute Gasteiger partial charge is 0.138 e. The molecular formula is C12H14N2O. The Labute approximate surface area is 88.7 Å². The SMILES string of the molecule is C=CCn1c([C@@H](C)O)nc2ccccc21. The molecule has 1 aromatic carbocycles. The van der Waals surface area contributed by atoms with E-state index in [1.54, 1.807) is 13.0 Å². The number of imidazole rings is 1. The van der Waals surface area contributed by atoms with Crippen molar-refractivity contribution in [1.82, 2.24) is 9.55 Å². The lowest BCUT2D eigenvalue weighted by molar-refractivity contribution is 0.185. The zero-order chi connectivity index (χ0) is 10.8. The van der Waals surface area contributed by atoms with Crippen LogP contribution in [-0.4, -0.2) is 14.7 Å². The highest BCUT2D eigenvalue weighted by Gasteiger charge is 2.12. The Morgan fingerprint density at radius 1 is 1.53 bits per heavy atom. The molecule has 0 unspecified atom stereocenters. The molecule has 0 saturated heterocycles. The minimum atomic E-state index is -0.558. The summed E-state index contributed by atoms with van der Waals surface area (Å²) in [6, 6.07) is 7.85. The molecular weight excluding hydrogens is 188 g/mol. The average molecular weight is 202 g/mol. The Hall–Kier alpha value is -1.61. The van der Waals surface area contributed by atoms with Crippen molar-refractivity contribution >= 4 is 11.0 Å². The first-order valence-electron chi connectivity index (χ1n) is 4.98. The van der Waals surface area contributed by atoms with E-state index in [0.717, 1.165) is 11.0 Å². The summed E-state index contributed by atoms with van der Waals surface area (Å²) < 4.78 is 1.98. The van der Waals surface area contributed by atoms with Crippen molar-refractivity contribution in [3.05, 3.63) is 42.7 Å². The van der Waals surface area contributed by atoms with E-state index in [-0.39, 0.29) is 0 Å². The molecule has 1 heterocycles. The van der Waals surface area contributed by atoms with E-state index in [9.17, 15) is 5.11 Å². The molecule has 3 nitrogen and oxygen atoms in total. The van der Waals surface area contributed by atoms with Gasteiger partial charge in [-0.15, -0.1) is 6.58 Å². The van der Waals surface area contributed by atoms with E-state index >= 15 is 0 Å². The van der Waals surface area contributed by atoms with Crippen LogP contribution in [0.4, 0.5) is 0 Å². The van der Waals surface area contributed by atoms with Crippen molar-refractivity contribution in [3.8, 4) is 0 Å². The Morgan fingerprint density at radius 3 is 2.93 bits per heavy atom. The minimum absolute atomic E-state index is 0.558. The van der Waals surface area contributed by atoms with Gasteiger partial charge in [0.15, 0.2) is 0 Å². The van der Waals surface area contributed by atoms with E-state index in [0.29, 0.717) is 12.4 Å². The van der Waals surface area contributed by atoms with Crippen molar-refractivity contribution < 1.29 is 5.11 Å². The second-order valence-corrected chi connectivity index (χ2v) is 3.53. The second-order valence-electron chi connectivity index (χ2n) is 3.53. The van der Waals surface area contributed by atoms with Gasteiger partial charge in [0.2, 0.25) is 0 Å². The quantitative estimate of drug-likeness (QED) is 0.775. The van der Waals surface area contributed by atoms with Crippen molar-refractivity contribution in [2.75, 3.05) is 0 Å². The second kappa shape index (κ2) is 3.87. The van der Waals surface area contributed by atoms with Crippen LogP contribution in [0.25, 0.3) is 11.0 Å². The molecule has 0 aliphatic carbocycles. The van der Waals surface area contributed by atoms with Crippen molar-refractivity contribution in [2.45, 2.75) is 19.6 Å². The molecule has 78 valence electrons. The molecule has 0 aliphatic heterocycles. The maximum absolute atomic E-state index is 9.61. The van der Waals surface area contributed by atoms with E-state index < -0.39 is 6.10 Å². The largest absolute Gasteiger partial charge is 0.385 e. The zero-order valence-electron chi connectivity index (χ0n) is 8.72. The lowest BCUT2D eigenvalue weighted by atomic mass is 10.3. The van der Waals surface area contributed by atoms with Crippen LogP contribution in [0.2, 0.25) is 0 Å². The summed E-state index contributed by atoms with van der Waals surface area (Å²) in [4.78, 5) is 4.40. The van der Waals surface area contributed by atoms with Gasteiger partial charge in [-0.25, -0.2) is 4.98 Å². The lowest BCUT2D eigenvalue weighted by Crippen LogP contribution is -2.05. The summed E-state index contributed by atoms with van der Waals surface area (Å²) in [7, 11) is 0. The number of hydrogen-bond acceptors (Lipinski definition) is 2. The number of nitrogens with zero attached hydrogens (tertiary/aromatic N) is 2. The summed E-state index contributed by atoms with van der Waals surface area (Å²) in [6.45, 7) is 6.10. The number of hydrogen-bond donors (Lipinski definition) is 1. The number of rotatable bonds is 3. The molecule has 15 heavy (non-hydrogen) atoms. The van der Waals surface area contributed by atoms with Crippen molar-refractivity contribution in [3.63, 3.8) is 0 Å². The summed E-state index contributed by atoms with van der Waals surface area (Å²) in [5, 5.41) is 9.61. The van der Waals surface area contributed by atoms with Crippen LogP contribution >= 0.6 is 0 Å². The van der Waals surface area contributed by atoms with Gasteiger partial charge in [0.05, 0.1) is 11.0 Å². The van der Waals surface area contributed by atoms with Crippen LogP contribution < -0.4 is 0 Å². The number of para-hydroxylation sites is 2. The first-order chi connectivity index (χ1) is 7.24. The first kappa shape index (κ1) is 9.93. The van der Waals surface area contributed by atoms with Crippen molar-refractivity contribution in [1.29, 1.82) is 0 Å². The molecule has 0 aliphatic rings. The zero-order valence-corrected chi connectivity index (χ0v) is 8.72. The maximum atomic E-state index is 9.61. The van der Waals surface area contributed by atoms with Crippen molar-refractivity contribution in [2.24, 2.45) is 0 Å². The third kappa shape index (κ3) is 1.66. The van der Waals surface area contributed by atoms with Gasteiger partial charge < -0.3 is 9.67 Å². The highest BCUT2D eigenvalue weighted by molar-refractivity contribution is 5.76. The summed E-state index contributed by atoms with van der Waals surface area (Å²) in [5.74, 6) is 0.691. The molecule has 0 fully saturated rings. The number of allylic oxidation sites excluding steroid dienone is 1. The Kier molecular flexibility index (Phi) is 2.56. The van der Waals surface area contributed by atoms with Crippen LogP contribution in [0.15, 0.2) is 36.9 Å². The third-order valence-corrected chi connectivity index (χ3v) is 2.37. The number of fused-ring (bicyclic) bond motifs is 1. The van der Waals surface area contributed by atoms with Gasteiger partial charge in [0, 0.05) is 6.54 Å². The van der Waals surface area contributed by atoms with Gasteiger partial charge in [-0.1, -0.05) is 18.2 Å². The van der Waals surface area contributed by atoms with E-state index in [1.807, 2.05) is 28.8 Å². The lowest BCUT2D eigenvalue weighted by Gasteiger charge is -2.07. The Balaban J connectivity index is 2.68. The van der Waals surface area contributed by atoms with Crippen LogP contribution in [0.1, 0.15) is 18.9 Å². The van der Waals surface area contributed by atoms with Gasteiger partial charge in [-0.3, -0.25) is 0 Å². The predicted octanol–water partition coefficient (Wildman–Crippen LogP) is 2.28. The first-order valence-corrected chi connectivity index (χ1v) is 4.98. The molecule has 0 amide bonds. The molecule has 0 radical (unpaired) electrons. The Morgan fingerprint density at radius 2 is 2.27 bits per heavy atom. The van der Waals surface area contributed by atoms with Crippen LogP contribution in [0.5, 0.6) is 0 Å². The molecule has 2 aromatic rings. The molecule has 1 atom stereocenters. The fraction of sp³-hybridized carbons (Fsp3) is 0.250. The molecule has 0 spiro atoms. The van der Waals surface area contributed by atoms with Crippen LogP contribution in [-0.2, 0) is 6.54 Å². The number of aromatic nitrogens is 2. The summed E-state index contributed by atoms with van der Waals surface area (Å²) in [6.07, 6.45) is 1.25. The molecule has 0 saturated carbocycles. The predicted molar refractivity (Wildman–Crippen MR) is 60.6 cm³/mol. The van der Waals surface area contributed by atoms with Gasteiger partial charge >= 0.3 is 0 Å². The fourth-order valence-electron chi connectivity index (χ4n) is 1.73. The van der Waals surface area contributed by atoms with E-state index in [1.165, 1.54) is 0 Å². The highest BCUT2D eigenvalue weighted by atomic mass is 16.3. The van der Waals surface area contributed by atoms with Gasteiger partial charge in [-0.05, 0) is 19.1 Å². The number of benzene rings is 1. The third-order valence-electron chi connectivity index (χ3n) is 2.37. The van der Waals surface area contributed by atoms with Crippen LogP contribution in [0.3, 0.4) is 0 Å².